The first kappa shape index (κ1) is 24.1. The van der Waals surface area contributed by atoms with Gasteiger partial charge in [-0.2, -0.15) is 5.10 Å². The molecule has 0 spiro atoms. The zero-order valence-electron chi connectivity index (χ0n) is 19.4. The molecule has 1 atom stereocenters. The molecular weight excluding hydrogens is 442 g/mol. The van der Waals surface area contributed by atoms with Crippen LogP contribution in [0.25, 0.3) is 11.3 Å². The summed E-state index contributed by atoms with van der Waals surface area (Å²) < 4.78 is 8.00. The molecule has 0 fully saturated rings. The van der Waals surface area contributed by atoms with Gasteiger partial charge in [-0.3, -0.25) is 4.68 Å². The Balaban J connectivity index is 1.85. The van der Waals surface area contributed by atoms with E-state index >= 15 is 0 Å². The third-order valence-corrected chi connectivity index (χ3v) is 10.8. The fraction of sp³-hybridized carbons (Fsp3) is 0.391. The lowest BCUT2D eigenvalue weighted by atomic mass is 9.98. The number of anilines is 2. The fourth-order valence-electron chi connectivity index (χ4n) is 2.90. The Bertz CT molecular complexity index is 1090. The number of hydrogen-bond donors (Lipinski definition) is 1. The molecular formula is C23H30ClN5O2Si. The van der Waals surface area contributed by atoms with Crippen molar-refractivity contribution in [2.75, 3.05) is 11.9 Å². The van der Waals surface area contributed by atoms with Gasteiger partial charge in [-0.1, -0.05) is 38.4 Å². The molecule has 1 unspecified atom stereocenters. The average Bonchev–Trinajstić information content (AvgIpc) is 3.13. The molecule has 1 N–H and O–H groups in total. The molecule has 170 valence electrons. The zero-order valence-corrected chi connectivity index (χ0v) is 21.1. The quantitative estimate of drug-likeness (QED) is 0.341. The second-order valence-corrected chi connectivity index (χ2v) is 14.5. The van der Waals surface area contributed by atoms with E-state index in [1.165, 1.54) is 0 Å². The summed E-state index contributed by atoms with van der Waals surface area (Å²) in [6.45, 7) is 11.2. The molecule has 1 aromatic carbocycles. The van der Waals surface area contributed by atoms with E-state index in [1.807, 2.05) is 31.3 Å². The summed E-state index contributed by atoms with van der Waals surface area (Å²) in [7, 11) is -0.157. The lowest BCUT2D eigenvalue weighted by molar-refractivity contribution is -0.109. The van der Waals surface area contributed by atoms with Gasteiger partial charge in [0, 0.05) is 36.5 Å². The molecule has 3 aromatic rings. The van der Waals surface area contributed by atoms with E-state index in [0.29, 0.717) is 17.6 Å². The van der Waals surface area contributed by atoms with Gasteiger partial charge in [0.15, 0.2) is 8.32 Å². The first-order valence-electron chi connectivity index (χ1n) is 10.5. The van der Waals surface area contributed by atoms with E-state index in [1.54, 1.807) is 23.1 Å². The topological polar surface area (TPSA) is 81.9 Å². The standard InChI is InChI=1S/C23H30ClN5O2Si/c1-23(2,3)32(5,6)31-15-17(14-30)18-13-16(7-8-19(18)24)20-9-11-25-22(27-20)28-21-10-12-26-29(21)4/h7-14,17H,15H2,1-6H3,(H,25,27,28). The van der Waals surface area contributed by atoms with Crippen LogP contribution >= 0.6 is 11.6 Å². The zero-order chi connectivity index (χ0) is 23.5. The van der Waals surface area contributed by atoms with Crippen LogP contribution in [-0.2, 0) is 16.3 Å². The monoisotopic (exact) mass is 471 g/mol. The molecule has 7 nitrogen and oxygen atoms in total. The Hall–Kier alpha value is -2.55. The van der Waals surface area contributed by atoms with E-state index < -0.39 is 14.2 Å². The lowest BCUT2D eigenvalue weighted by Gasteiger charge is -2.36. The first-order valence-corrected chi connectivity index (χ1v) is 13.8. The van der Waals surface area contributed by atoms with Crippen LogP contribution in [0.5, 0.6) is 0 Å². The molecule has 0 saturated carbocycles. The Morgan fingerprint density at radius 2 is 1.97 bits per heavy atom. The number of carbonyl (C=O) groups excluding carboxylic acids is 1. The maximum atomic E-state index is 12.0. The SMILES string of the molecule is Cn1nccc1Nc1nccc(-c2ccc(Cl)c(C(C=O)CO[Si](C)(C)C(C)(C)C)c2)n1. The molecule has 9 heteroatoms. The van der Waals surface area contributed by atoms with Crippen LogP contribution in [0.2, 0.25) is 23.2 Å². The molecule has 0 bridgehead atoms. The van der Waals surface area contributed by atoms with Gasteiger partial charge >= 0.3 is 0 Å². The summed E-state index contributed by atoms with van der Waals surface area (Å²) >= 11 is 6.48. The Morgan fingerprint density at radius 1 is 1.22 bits per heavy atom. The van der Waals surface area contributed by atoms with Crippen molar-refractivity contribution in [1.29, 1.82) is 0 Å². The third kappa shape index (κ3) is 5.43. The maximum Gasteiger partial charge on any atom is 0.228 e. The van der Waals surface area contributed by atoms with Gasteiger partial charge in [0.1, 0.15) is 12.1 Å². The number of hydrogen-bond acceptors (Lipinski definition) is 6. The molecule has 0 aliphatic heterocycles. The van der Waals surface area contributed by atoms with E-state index in [0.717, 1.165) is 28.9 Å². The predicted molar refractivity (Wildman–Crippen MR) is 131 cm³/mol. The highest BCUT2D eigenvalue weighted by atomic mass is 35.5. The second-order valence-electron chi connectivity index (χ2n) is 9.28. The van der Waals surface area contributed by atoms with E-state index in [2.05, 4.69) is 54.2 Å². The van der Waals surface area contributed by atoms with Crippen molar-refractivity contribution in [3.63, 3.8) is 0 Å². The minimum Gasteiger partial charge on any atom is -0.416 e. The molecule has 0 aliphatic rings. The first-order chi connectivity index (χ1) is 15.0. The van der Waals surface area contributed by atoms with Gasteiger partial charge in [0.05, 0.1) is 17.8 Å². The lowest BCUT2D eigenvalue weighted by Crippen LogP contribution is -2.41. The minimum atomic E-state index is -1.99. The molecule has 3 rings (SSSR count). The van der Waals surface area contributed by atoms with Gasteiger partial charge in [0.2, 0.25) is 5.95 Å². The number of nitrogens with zero attached hydrogens (tertiary/aromatic N) is 4. The molecule has 0 amide bonds. The van der Waals surface area contributed by atoms with Crippen molar-refractivity contribution >= 4 is 38.0 Å². The summed E-state index contributed by atoms with van der Waals surface area (Å²) in [4.78, 5) is 20.9. The van der Waals surface area contributed by atoms with Crippen LogP contribution in [0.15, 0.2) is 42.7 Å². The summed E-state index contributed by atoms with van der Waals surface area (Å²) in [6, 6.07) is 9.26. The number of aldehydes is 1. The van der Waals surface area contributed by atoms with Crippen LogP contribution in [0.3, 0.4) is 0 Å². The summed E-state index contributed by atoms with van der Waals surface area (Å²) in [6.07, 6.45) is 4.30. The Morgan fingerprint density at radius 3 is 2.59 bits per heavy atom. The van der Waals surface area contributed by atoms with E-state index in [9.17, 15) is 4.79 Å². The largest absolute Gasteiger partial charge is 0.416 e. The fourth-order valence-corrected chi connectivity index (χ4v) is 4.18. The second kappa shape index (κ2) is 9.52. The normalized spacial score (nSPS) is 13.1. The van der Waals surface area contributed by atoms with Crippen molar-refractivity contribution < 1.29 is 9.22 Å². The smallest absolute Gasteiger partial charge is 0.228 e. The van der Waals surface area contributed by atoms with Crippen molar-refractivity contribution in [2.45, 2.75) is 44.8 Å². The van der Waals surface area contributed by atoms with E-state index in [-0.39, 0.29) is 5.04 Å². The Kier molecular flexibility index (Phi) is 7.17. The number of halogens is 1. The maximum absolute atomic E-state index is 12.0. The van der Waals surface area contributed by atoms with Crippen molar-refractivity contribution in [1.82, 2.24) is 19.7 Å². The summed E-state index contributed by atoms with van der Waals surface area (Å²) in [5.74, 6) is 0.781. The van der Waals surface area contributed by atoms with Crippen molar-refractivity contribution in [3.05, 3.63) is 53.3 Å². The minimum absolute atomic E-state index is 0.0598. The Labute approximate surface area is 195 Å². The van der Waals surface area contributed by atoms with E-state index in [4.69, 9.17) is 16.0 Å². The predicted octanol–water partition coefficient (Wildman–Crippen LogP) is 5.58. The van der Waals surface area contributed by atoms with Gasteiger partial charge < -0.3 is 14.5 Å². The number of benzene rings is 1. The van der Waals surface area contributed by atoms with Crippen LogP contribution in [0, 0.1) is 0 Å². The average molecular weight is 472 g/mol. The van der Waals surface area contributed by atoms with Crippen LogP contribution in [0.4, 0.5) is 11.8 Å². The molecule has 0 aliphatic carbocycles. The van der Waals surface area contributed by atoms with Crippen molar-refractivity contribution in [3.8, 4) is 11.3 Å². The van der Waals surface area contributed by atoms with Crippen LogP contribution in [-0.4, -0.2) is 41.0 Å². The molecule has 32 heavy (non-hydrogen) atoms. The van der Waals surface area contributed by atoms with Crippen LogP contribution in [0.1, 0.15) is 32.3 Å². The highest BCUT2D eigenvalue weighted by molar-refractivity contribution is 6.74. The highest BCUT2D eigenvalue weighted by Crippen LogP contribution is 2.38. The third-order valence-electron chi connectivity index (χ3n) is 6.00. The number of rotatable bonds is 8. The molecule has 0 radical (unpaired) electrons. The van der Waals surface area contributed by atoms with Gasteiger partial charge in [-0.05, 0) is 41.9 Å². The molecule has 2 aromatic heterocycles. The summed E-state index contributed by atoms with van der Waals surface area (Å²) in [5.41, 5.74) is 2.30. The van der Waals surface area contributed by atoms with Crippen LogP contribution < -0.4 is 5.32 Å². The number of carbonyl (C=O) groups is 1. The van der Waals surface area contributed by atoms with Gasteiger partial charge in [-0.15, -0.1) is 0 Å². The number of aryl methyl sites for hydroxylation is 1. The van der Waals surface area contributed by atoms with Crippen molar-refractivity contribution in [2.24, 2.45) is 7.05 Å². The van der Waals surface area contributed by atoms with Gasteiger partial charge in [0.25, 0.3) is 0 Å². The number of aromatic nitrogens is 4. The molecule has 0 saturated heterocycles. The molecule has 2 heterocycles. The summed E-state index contributed by atoms with van der Waals surface area (Å²) in [5, 5.41) is 7.88. The van der Waals surface area contributed by atoms with Gasteiger partial charge in [-0.25, -0.2) is 9.97 Å². The number of nitrogens with one attached hydrogen (secondary N) is 1. The highest BCUT2D eigenvalue weighted by Gasteiger charge is 2.37.